The van der Waals surface area contributed by atoms with Gasteiger partial charge in [-0.2, -0.15) is 11.8 Å². The number of rotatable bonds is 3. The van der Waals surface area contributed by atoms with Crippen molar-refractivity contribution in [2.75, 3.05) is 13.3 Å². The number of phenols is 1. The van der Waals surface area contributed by atoms with E-state index in [-0.39, 0.29) is 6.04 Å². The zero-order valence-corrected chi connectivity index (χ0v) is 12.2. The summed E-state index contributed by atoms with van der Waals surface area (Å²) in [4.78, 5) is 13.8. The van der Waals surface area contributed by atoms with Gasteiger partial charge in [0.05, 0.1) is 0 Å². The smallest absolute Gasteiger partial charge is 0.260 e. The molecule has 2 atom stereocenters. The largest absolute Gasteiger partial charge is 0.507 e. The van der Waals surface area contributed by atoms with Crippen LogP contribution in [0.15, 0.2) is 12.1 Å². The minimum atomic E-state index is -1.03. The number of carbonyl (C=O) groups is 1. The number of halogens is 2. The number of benzene rings is 1. The summed E-state index contributed by atoms with van der Waals surface area (Å²) in [5.74, 6) is -3.19. The second-order valence-electron chi connectivity index (χ2n) is 4.97. The molecule has 6 heteroatoms. The molecule has 1 fully saturated rings. The van der Waals surface area contributed by atoms with Crippen LogP contribution < -0.4 is 0 Å². The molecule has 0 aliphatic heterocycles. The number of aromatic hydroxyl groups is 1. The van der Waals surface area contributed by atoms with Crippen LogP contribution in [0.3, 0.4) is 0 Å². The van der Waals surface area contributed by atoms with Gasteiger partial charge in [0.15, 0.2) is 0 Å². The Balaban J connectivity index is 2.27. The quantitative estimate of drug-likeness (QED) is 0.933. The maximum atomic E-state index is 13.7. The third-order valence-electron chi connectivity index (χ3n) is 3.79. The third-order valence-corrected chi connectivity index (χ3v) is 4.94. The summed E-state index contributed by atoms with van der Waals surface area (Å²) >= 11 is 1.68. The van der Waals surface area contributed by atoms with E-state index in [2.05, 4.69) is 0 Å². The van der Waals surface area contributed by atoms with E-state index in [1.807, 2.05) is 6.26 Å². The zero-order chi connectivity index (χ0) is 14.9. The Morgan fingerprint density at radius 3 is 2.70 bits per heavy atom. The number of hydrogen-bond donors (Lipinski definition) is 1. The van der Waals surface area contributed by atoms with Gasteiger partial charge in [0.2, 0.25) is 0 Å². The van der Waals surface area contributed by atoms with Crippen molar-refractivity contribution < 1.29 is 18.7 Å². The fraction of sp³-hybridized carbons (Fsp3) is 0.500. The summed E-state index contributed by atoms with van der Waals surface area (Å²) in [6, 6.07) is 1.38. The van der Waals surface area contributed by atoms with Crippen LogP contribution in [0.25, 0.3) is 0 Å². The summed E-state index contributed by atoms with van der Waals surface area (Å²) in [6.45, 7) is 0. The fourth-order valence-corrected chi connectivity index (χ4v) is 3.76. The molecule has 2 rings (SSSR count). The third kappa shape index (κ3) is 2.75. The Kier molecular flexibility index (Phi) is 4.52. The molecule has 1 saturated carbocycles. The molecule has 110 valence electrons. The van der Waals surface area contributed by atoms with Crippen molar-refractivity contribution in [3.63, 3.8) is 0 Å². The molecule has 3 nitrogen and oxygen atoms in total. The molecule has 0 heterocycles. The molecule has 20 heavy (non-hydrogen) atoms. The second-order valence-corrected chi connectivity index (χ2v) is 6.05. The Morgan fingerprint density at radius 1 is 1.40 bits per heavy atom. The zero-order valence-electron chi connectivity index (χ0n) is 11.4. The van der Waals surface area contributed by atoms with Gasteiger partial charge in [0, 0.05) is 30.5 Å². The van der Waals surface area contributed by atoms with Crippen LogP contribution in [-0.4, -0.2) is 40.5 Å². The fourth-order valence-electron chi connectivity index (χ4n) is 2.72. The lowest BCUT2D eigenvalue weighted by Crippen LogP contribution is -2.40. The van der Waals surface area contributed by atoms with Gasteiger partial charge in [-0.1, -0.05) is 6.42 Å². The minimum Gasteiger partial charge on any atom is -0.507 e. The highest BCUT2D eigenvalue weighted by Crippen LogP contribution is 2.33. The van der Waals surface area contributed by atoms with Crippen molar-refractivity contribution in [3.05, 3.63) is 29.3 Å². The van der Waals surface area contributed by atoms with Crippen LogP contribution in [0.5, 0.6) is 5.75 Å². The number of nitrogens with zero attached hydrogens (tertiary/aromatic N) is 1. The predicted molar refractivity (Wildman–Crippen MR) is 75.1 cm³/mol. The maximum absolute atomic E-state index is 13.7. The molecule has 1 aliphatic carbocycles. The van der Waals surface area contributed by atoms with Crippen molar-refractivity contribution in [2.45, 2.75) is 30.6 Å². The normalized spacial score (nSPS) is 22.0. The first-order valence-corrected chi connectivity index (χ1v) is 7.72. The second kappa shape index (κ2) is 5.99. The van der Waals surface area contributed by atoms with Crippen molar-refractivity contribution in [1.29, 1.82) is 0 Å². The molecule has 0 aromatic heterocycles. The van der Waals surface area contributed by atoms with E-state index >= 15 is 0 Å². The van der Waals surface area contributed by atoms with Crippen LogP contribution in [0.4, 0.5) is 8.78 Å². The van der Waals surface area contributed by atoms with Crippen LogP contribution >= 0.6 is 11.8 Å². The lowest BCUT2D eigenvalue weighted by molar-refractivity contribution is 0.0730. The van der Waals surface area contributed by atoms with E-state index < -0.39 is 28.9 Å². The molecule has 0 bridgehead atoms. The SMILES string of the molecule is CS[C@@H]1CCC[C@H]1N(C)C(=O)c1c(O)cc(F)cc1F. The van der Waals surface area contributed by atoms with E-state index in [9.17, 15) is 18.7 Å². The Bertz CT molecular complexity index is 501. The summed E-state index contributed by atoms with van der Waals surface area (Å²) in [5.41, 5.74) is -0.458. The van der Waals surface area contributed by atoms with E-state index in [1.54, 1.807) is 18.8 Å². The van der Waals surface area contributed by atoms with Crippen molar-refractivity contribution >= 4 is 17.7 Å². The lowest BCUT2D eigenvalue weighted by atomic mass is 10.1. The average Bonchev–Trinajstić information content (AvgIpc) is 2.84. The van der Waals surface area contributed by atoms with Crippen LogP contribution in [-0.2, 0) is 0 Å². The number of phenolic OH excluding ortho intramolecular Hbond substituents is 1. The Morgan fingerprint density at radius 2 is 2.10 bits per heavy atom. The molecule has 1 aliphatic rings. The molecule has 0 unspecified atom stereocenters. The highest BCUT2D eigenvalue weighted by Gasteiger charge is 2.34. The summed E-state index contributed by atoms with van der Waals surface area (Å²) in [5, 5.41) is 9.94. The van der Waals surface area contributed by atoms with Gasteiger partial charge >= 0.3 is 0 Å². The van der Waals surface area contributed by atoms with Crippen LogP contribution in [0, 0.1) is 11.6 Å². The van der Waals surface area contributed by atoms with Gasteiger partial charge in [0.25, 0.3) is 5.91 Å². The van der Waals surface area contributed by atoms with Crippen molar-refractivity contribution in [1.82, 2.24) is 4.90 Å². The lowest BCUT2D eigenvalue weighted by Gasteiger charge is -2.29. The number of hydrogen-bond acceptors (Lipinski definition) is 3. The summed E-state index contributed by atoms with van der Waals surface area (Å²) < 4.78 is 26.7. The predicted octanol–water partition coefficient (Wildman–Crippen LogP) is 3.03. The Labute approximate surface area is 121 Å². The van der Waals surface area contributed by atoms with E-state index in [0.29, 0.717) is 11.3 Å². The first-order chi connectivity index (χ1) is 9.45. The number of thioether (sulfide) groups is 1. The summed E-state index contributed by atoms with van der Waals surface area (Å²) in [7, 11) is 1.60. The molecule has 0 radical (unpaired) electrons. The highest BCUT2D eigenvalue weighted by atomic mass is 32.2. The van der Waals surface area contributed by atoms with Crippen LogP contribution in [0.1, 0.15) is 29.6 Å². The first kappa shape index (κ1) is 15.1. The first-order valence-electron chi connectivity index (χ1n) is 6.43. The van der Waals surface area contributed by atoms with E-state index in [4.69, 9.17) is 0 Å². The molecule has 0 saturated heterocycles. The number of carbonyl (C=O) groups excluding carboxylic acids is 1. The molecule has 0 spiro atoms. The molecular formula is C14H17F2NO2S. The van der Waals surface area contributed by atoms with Gasteiger partial charge in [-0.05, 0) is 19.1 Å². The van der Waals surface area contributed by atoms with Crippen molar-refractivity contribution in [3.8, 4) is 5.75 Å². The Hall–Kier alpha value is -1.30. The molecular weight excluding hydrogens is 284 g/mol. The van der Waals surface area contributed by atoms with Crippen molar-refractivity contribution in [2.24, 2.45) is 0 Å². The van der Waals surface area contributed by atoms with Gasteiger partial charge in [0.1, 0.15) is 22.9 Å². The average molecular weight is 301 g/mol. The maximum Gasteiger partial charge on any atom is 0.260 e. The van der Waals surface area contributed by atoms with E-state index in [0.717, 1.165) is 25.3 Å². The highest BCUT2D eigenvalue weighted by molar-refractivity contribution is 7.99. The van der Waals surface area contributed by atoms with Gasteiger partial charge in [-0.3, -0.25) is 4.79 Å². The molecule has 1 amide bonds. The molecule has 1 aromatic rings. The number of amides is 1. The van der Waals surface area contributed by atoms with Gasteiger partial charge in [-0.25, -0.2) is 8.78 Å². The standard InChI is InChI=1S/C14H17F2NO2S/c1-17(10-4-3-5-12(10)20-2)14(19)13-9(16)6-8(15)7-11(13)18/h6-7,10,12,18H,3-5H2,1-2H3/t10-,12-/m1/s1. The summed E-state index contributed by atoms with van der Waals surface area (Å²) in [6.07, 6.45) is 4.88. The monoisotopic (exact) mass is 301 g/mol. The molecule has 1 aromatic carbocycles. The topological polar surface area (TPSA) is 40.5 Å². The molecule has 1 N–H and O–H groups in total. The minimum absolute atomic E-state index is 0.0151. The van der Waals surface area contributed by atoms with E-state index in [1.165, 1.54) is 4.90 Å². The van der Waals surface area contributed by atoms with Crippen LogP contribution in [0.2, 0.25) is 0 Å². The van der Waals surface area contributed by atoms with Gasteiger partial charge in [-0.15, -0.1) is 0 Å². The van der Waals surface area contributed by atoms with Gasteiger partial charge < -0.3 is 10.0 Å².